The molecule has 14 heavy (non-hydrogen) atoms. The monoisotopic (exact) mass is 212 g/mol. The van der Waals surface area contributed by atoms with Gasteiger partial charge in [-0.1, -0.05) is 12.1 Å². The lowest BCUT2D eigenvalue weighted by Gasteiger charge is -2.21. The van der Waals surface area contributed by atoms with E-state index in [9.17, 15) is 0 Å². The van der Waals surface area contributed by atoms with E-state index in [1.165, 1.54) is 5.56 Å². The Bertz CT molecular complexity index is 271. The van der Waals surface area contributed by atoms with E-state index in [0.29, 0.717) is 5.88 Å². The lowest BCUT2D eigenvalue weighted by molar-refractivity contribution is 0.131. The second-order valence-electron chi connectivity index (χ2n) is 4.30. The summed E-state index contributed by atoms with van der Waals surface area (Å²) in [6.45, 7) is 6.12. The Labute approximate surface area is 91.0 Å². The molecular formula is C12H17ClO. The van der Waals surface area contributed by atoms with Crippen LogP contribution in [0.2, 0.25) is 0 Å². The van der Waals surface area contributed by atoms with Gasteiger partial charge in [-0.25, -0.2) is 0 Å². The van der Waals surface area contributed by atoms with Crippen molar-refractivity contribution in [2.75, 3.05) is 5.88 Å². The Hall–Kier alpha value is -0.690. The molecule has 2 heteroatoms. The van der Waals surface area contributed by atoms with E-state index in [2.05, 4.69) is 12.1 Å². The molecule has 0 atom stereocenters. The lowest BCUT2D eigenvalue weighted by atomic mass is 10.1. The van der Waals surface area contributed by atoms with Crippen molar-refractivity contribution in [1.82, 2.24) is 0 Å². The molecule has 0 fully saturated rings. The summed E-state index contributed by atoms with van der Waals surface area (Å²) in [5.74, 6) is 1.58. The third-order valence-electron chi connectivity index (χ3n) is 1.73. The van der Waals surface area contributed by atoms with Crippen LogP contribution in [0.15, 0.2) is 24.3 Å². The Balaban J connectivity index is 2.64. The maximum Gasteiger partial charge on any atom is 0.120 e. The zero-order valence-electron chi connectivity index (χ0n) is 9.01. The predicted molar refractivity (Wildman–Crippen MR) is 61.2 cm³/mol. The van der Waals surface area contributed by atoms with Gasteiger partial charge in [0.15, 0.2) is 0 Å². The molecule has 1 aromatic carbocycles. The number of hydrogen-bond donors (Lipinski definition) is 0. The topological polar surface area (TPSA) is 9.23 Å². The van der Waals surface area contributed by atoms with Gasteiger partial charge < -0.3 is 4.74 Å². The molecule has 0 amide bonds. The minimum Gasteiger partial charge on any atom is -0.488 e. The molecule has 0 aromatic heterocycles. The average molecular weight is 213 g/mol. The van der Waals surface area contributed by atoms with Gasteiger partial charge in [-0.15, -0.1) is 11.6 Å². The molecule has 0 aliphatic rings. The molecule has 0 radical (unpaired) electrons. The Morgan fingerprint density at radius 3 is 2.14 bits per heavy atom. The standard InChI is InChI=1S/C12H17ClO/c1-12(2,3)14-11-6-4-10(5-7-11)8-9-13/h4-7H,8-9H2,1-3H3. The largest absolute Gasteiger partial charge is 0.488 e. The highest BCUT2D eigenvalue weighted by Gasteiger charge is 2.10. The van der Waals surface area contributed by atoms with Crippen molar-refractivity contribution in [1.29, 1.82) is 0 Å². The maximum absolute atomic E-state index is 5.70. The van der Waals surface area contributed by atoms with Crippen LogP contribution in [0.5, 0.6) is 5.75 Å². The summed E-state index contributed by atoms with van der Waals surface area (Å²) in [6.07, 6.45) is 0.914. The number of hydrogen-bond acceptors (Lipinski definition) is 1. The van der Waals surface area contributed by atoms with Crippen LogP contribution in [0.25, 0.3) is 0 Å². The summed E-state index contributed by atoms with van der Waals surface area (Å²) in [4.78, 5) is 0. The van der Waals surface area contributed by atoms with Crippen LogP contribution in [0.1, 0.15) is 26.3 Å². The van der Waals surface area contributed by atoms with Crippen LogP contribution in [-0.4, -0.2) is 11.5 Å². The van der Waals surface area contributed by atoms with Crippen LogP contribution >= 0.6 is 11.6 Å². The average Bonchev–Trinajstić information content (AvgIpc) is 2.06. The highest BCUT2D eigenvalue weighted by Crippen LogP contribution is 2.18. The Morgan fingerprint density at radius 2 is 1.71 bits per heavy atom. The molecule has 0 spiro atoms. The fraction of sp³-hybridized carbons (Fsp3) is 0.500. The number of halogens is 1. The zero-order valence-corrected chi connectivity index (χ0v) is 9.77. The van der Waals surface area contributed by atoms with Gasteiger partial charge in [0.05, 0.1) is 0 Å². The Kier molecular flexibility index (Phi) is 3.82. The number of rotatable bonds is 3. The Morgan fingerprint density at radius 1 is 1.14 bits per heavy atom. The number of aryl methyl sites for hydroxylation is 1. The van der Waals surface area contributed by atoms with Crippen LogP contribution < -0.4 is 4.74 Å². The molecule has 0 aliphatic carbocycles. The fourth-order valence-corrected chi connectivity index (χ4v) is 1.41. The third kappa shape index (κ3) is 4.01. The first-order chi connectivity index (χ1) is 6.51. The van der Waals surface area contributed by atoms with Gasteiger partial charge in [0.2, 0.25) is 0 Å². The molecule has 0 saturated heterocycles. The van der Waals surface area contributed by atoms with Gasteiger partial charge >= 0.3 is 0 Å². The first-order valence-electron chi connectivity index (χ1n) is 4.85. The van der Waals surface area contributed by atoms with Crippen LogP contribution in [0, 0.1) is 0 Å². The van der Waals surface area contributed by atoms with Crippen molar-refractivity contribution < 1.29 is 4.74 Å². The first kappa shape index (κ1) is 11.4. The van der Waals surface area contributed by atoms with E-state index in [-0.39, 0.29) is 5.60 Å². The van der Waals surface area contributed by atoms with Gasteiger partial charge in [0.1, 0.15) is 11.4 Å². The summed E-state index contributed by atoms with van der Waals surface area (Å²) in [5.41, 5.74) is 1.12. The van der Waals surface area contributed by atoms with Gasteiger partial charge in [-0.05, 0) is 44.9 Å². The van der Waals surface area contributed by atoms with Crippen molar-refractivity contribution in [3.8, 4) is 5.75 Å². The van der Waals surface area contributed by atoms with Crippen molar-refractivity contribution in [2.24, 2.45) is 0 Å². The lowest BCUT2D eigenvalue weighted by Crippen LogP contribution is -2.22. The van der Waals surface area contributed by atoms with E-state index in [1.807, 2.05) is 32.9 Å². The van der Waals surface area contributed by atoms with Crippen molar-refractivity contribution in [3.05, 3.63) is 29.8 Å². The highest BCUT2D eigenvalue weighted by molar-refractivity contribution is 6.17. The van der Waals surface area contributed by atoms with Crippen molar-refractivity contribution >= 4 is 11.6 Å². The molecular weight excluding hydrogens is 196 g/mol. The fourth-order valence-electron chi connectivity index (χ4n) is 1.19. The van der Waals surface area contributed by atoms with E-state index < -0.39 is 0 Å². The number of alkyl halides is 1. The van der Waals surface area contributed by atoms with Gasteiger partial charge in [-0.3, -0.25) is 0 Å². The molecule has 1 rings (SSSR count). The summed E-state index contributed by atoms with van der Waals surface area (Å²) >= 11 is 5.65. The maximum atomic E-state index is 5.70. The molecule has 0 bridgehead atoms. The highest BCUT2D eigenvalue weighted by atomic mass is 35.5. The van der Waals surface area contributed by atoms with Gasteiger partial charge in [-0.2, -0.15) is 0 Å². The molecule has 0 unspecified atom stereocenters. The van der Waals surface area contributed by atoms with Crippen molar-refractivity contribution in [2.45, 2.75) is 32.8 Å². The number of ether oxygens (including phenoxy) is 1. The molecule has 0 heterocycles. The molecule has 1 aromatic rings. The molecule has 0 saturated carbocycles. The molecule has 0 aliphatic heterocycles. The van der Waals surface area contributed by atoms with Crippen molar-refractivity contribution in [3.63, 3.8) is 0 Å². The normalized spacial score (nSPS) is 11.4. The minimum atomic E-state index is -0.131. The molecule has 78 valence electrons. The summed E-state index contributed by atoms with van der Waals surface area (Å²) in [7, 11) is 0. The second kappa shape index (κ2) is 4.70. The van der Waals surface area contributed by atoms with Crippen LogP contribution in [0.4, 0.5) is 0 Å². The van der Waals surface area contributed by atoms with E-state index in [0.717, 1.165) is 12.2 Å². The SMILES string of the molecule is CC(C)(C)Oc1ccc(CCCl)cc1. The zero-order chi connectivity index (χ0) is 10.6. The minimum absolute atomic E-state index is 0.131. The summed E-state index contributed by atoms with van der Waals surface area (Å²) in [5, 5.41) is 0. The first-order valence-corrected chi connectivity index (χ1v) is 5.38. The van der Waals surface area contributed by atoms with E-state index >= 15 is 0 Å². The predicted octanol–water partition coefficient (Wildman–Crippen LogP) is 3.65. The number of benzene rings is 1. The second-order valence-corrected chi connectivity index (χ2v) is 4.68. The summed E-state index contributed by atoms with van der Waals surface area (Å²) < 4.78 is 5.70. The van der Waals surface area contributed by atoms with Gasteiger partial charge in [0, 0.05) is 5.88 Å². The molecule has 0 N–H and O–H groups in total. The summed E-state index contributed by atoms with van der Waals surface area (Å²) in [6, 6.07) is 8.10. The quantitative estimate of drug-likeness (QED) is 0.696. The van der Waals surface area contributed by atoms with E-state index in [1.54, 1.807) is 0 Å². The van der Waals surface area contributed by atoms with Crippen LogP contribution in [-0.2, 0) is 6.42 Å². The third-order valence-corrected chi connectivity index (χ3v) is 1.92. The molecule has 1 nitrogen and oxygen atoms in total. The van der Waals surface area contributed by atoms with Crippen LogP contribution in [0.3, 0.4) is 0 Å². The van der Waals surface area contributed by atoms with E-state index in [4.69, 9.17) is 16.3 Å². The smallest absolute Gasteiger partial charge is 0.120 e. The van der Waals surface area contributed by atoms with Gasteiger partial charge in [0.25, 0.3) is 0 Å².